The molecular weight excluding hydrogens is 226 g/mol. The molecular formula is C13H17N5. The quantitative estimate of drug-likeness (QED) is 0.792. The van der Waals surface area contributed by atoms with Crippen molar-refractivity contribution < 1.29 is 0 Å². The Kier molecular flexibility index (Phi) is 2.88. The van der Waals surface area contributed by atoms with E-state index in [1.807, 2.05) is 36.3 Å². The van der Waals surface area contributed by atoms with Crippen molar-refractivity contribution in [2.45, 2.75) is 0 Å². The Morgan fingerprint density at radius 2 is 1.83 bits per heavy atom. The highest BCUT2D eigenvalue weighted by atomic mass is 15.3. The highest BCUT2D eigenvalue weighted by Crippen LogP contribution is 2.17. The fourth-order valence-corrected chi connectivity index (χ4v) is 2.31. The third-order valence-corrected chi connectivity index (χ3v) is 3.31. The smallest absolute Gasteiger partial charge is 0.128 e. The normalized spacial score (nSPS) is 16.1. The fourth-order valence-electron chi connectivity index (χ4n) is 2.31. The molecule has 0 atom stereocenters. The van der Waals surface area contributed by atoms with Gasteiger partial charge < -0.3 is 9.80 Å². The number of aromatic nitrogens is 3. The molecule has 2 aromatic heterocycles. The number of aryl methyl sites for hydroxylation is 1. The average Bonchev–Trinajstić information content (AvgIpc) is 2.87. The highest BCUT2D eigenvalue weighted by molar-refractivity contribution is 5.46. The van der Waals surface area contributed by atoms with Crippen LogP contribution < -0.4 is 9.80 Å². The van der Waals surface area contributed by atoms with Gasteiger partial charge in [-0.1, -0.05) is 6.07 Å². The van der Waals surface area contributed by atoms with Gasteiger partial charge >= 0.3 is 0 Å². The molecule has 0 bridgehead atoms. The lowest BCUT2D eigenvalue weighted by Gasteiger charge is -2.35. The summed E-state index contributed by atoms with van der Waals surface area (Å²) in [5, 5.41) is 4.22. The molecule has 1 aliphatic rings. The van der Waals surface area contributed by atoms with Crippen LogP contribution in [0.25, 0.3) is 0 Å². The van der Waals surface area contributed by atoms with E-state index in [2.05, 4.69) is 32.1 Å². The van der Waals surface area contributed by atoms with Gasteiger partial charge in [0.05, 0.1) is 11.9 Å². The van der Waals surface area contributed by atoms with Crippen LogP contribution in [0.1, 0.15) is 0 Å². The average molecular weight is 243 g/mol. The lowest BCUT2D eigenvalue weighted by molar-refractivity contribution is 0.647. The Morgan fingerprint density at radius 1 is 1.06 bits per heavy atom. The van der Waals surface area contributed by atoms with E-state index < -0.39 is 0 Å². The molecule has 0 radical (unpaired) electrons. The monoisotopic (exact) mass is 243 g/mol. The highest BCUT2D eigenvalue weighted by Gasteiger charge is 2.18. The van der Waals surface area contributed by atoms with Crippen molar-refractivity contribution in [2.24, 2.45) is 7.05 Å². The summed E-state index contributed by atoms with van der Waals surface area (Å²) in [4.78, 5) is 9.09. The minimum atomic E-state index is 1.01. The van der Waals surface area contributed by atoms with Crippen LogP contribution in [-0.2, 0) is 7.05 Å². The summed E-state index contributed by atoms with van der Waals surface area (Å²) in [6.07, 6.45) is 5.84. The summed E-state index contributed by atoms with van der Waals surface area (Å²) in [7, 11) is 1.95. The molecule has 2 aromatic rings. The predicted octanol–water partition coefficient (Wildman–Crippen LogP) is 1.14. The Bertz CT molecular complexity index is 499. The van der Waals surface area contributed by atoms with Gasteiger partial charge in [-0.15, -0.1) is 0 Å². The van der Waals surface area contributed by atoms with Crippen LogP contribution in [0.15, 0.2) is 36.8 Å². The van der Waals surface area contributed by atoms with Crippen molar-refractivity contribution in [2.75, 3.05) is 36.0 Å². The molecule has 5 nitrogen and oxygen atoms in total. The molecule has 0 aliphatic carbocycles. The number of hydrogen-bond acceptors (Lipinski definition) is 4. The van der Waals surface area contributed by atoms with Gasteiger partial charge in [-0.3, -0.25) is 4.68 Å². The van der Waals surface area contributed by atoms with Crippen LogP contribution in [0.4, 0.5) is 11.5 Å². The Hall–Kier alpha value is -2.04. The molecule has 3 rings (SSSR count). The van der Waals surface area contributed by atoms with Crippen molar-refractivity contribution in [1.82, 2.24) is 14.8 Å². The standard InChI is InChI=1S/C13H17N5/c1-16-11-12(10-15-16)17-6-8-18(9-7-17)13-4-2-3-5-14-13/h2-5,10-11H,6-9H2,1H3. The van der Waals surface area contributed by atoms with Gasteiger partial charge in [0.1, 0.15) is 5.82 Å². The molecule has 18 heavy (non-hydrogen) atoms. The number of piperazine rings is 1. The molecule has 0 saturated carbocycles. The summed E-state index contributed by atoms with van der Waals surface area (Å²) in [5.41, 5.74) is 1.21. The third-order valence-electron chi connectivity index (χ3n) is 3.31. The van der Waals surface area contributed by atoms with Crippen molar-refractivity contribution in [3.63, 3.8) is 0 Å². The fraction of sp³-hybridized carbons (Fsp3) is 0.385. The van der Waals surface area contributed by atoms with Crippen molar-refractivity contribution in [1.29, 1.82) is 0 Å². The first-order valence-electron chi connectivity index (χ1n) is 6.22. The first-order valence-corrected chi connectivity index (χ1v) is 6.22. The maximum absolute atomic E-state index is 4.40. The van der Waals surface area contributed by atoms with Crippen molar-refractivity contribution >= 4 is 11.5 Å². The Morgan fingerprint density at radius 3 is 2.44 bits per heavy atom. The van der Waals surface area contributed by atoms with Gasteiger partial charge in [0.15, 0.2) is 0 Å². The van der Waals surface area contributed by atoms with E-state index in [1.54, 1.807) is 0 Å². The maximum atomic E-state index is 4.40. The minimum Gasteiger partial charge on any atom is -0.365 e. The van der Waals surface area contributed by atoms with Gasteiger partial charge in [-0.25, -0.2) is 4.98 Å². The van der Waals surface area contributed by atoms with Gasteiger partial charge in [0.25, 0.3) is 0 Å². The van der Waals surface area contributed by atoms with E-state index in [9.17, 15) is 0 Å². The molecule has 0 spiro atoms. The summed E-state index contributed by atoms with van der Waals surface area (Å²) >= 11 is 0. The van der Waals surface area contributed by atoms with Gasteiger partial charge in [-0.2, -0.15) is 5.10 Å². The summed E-state index contributed by atoms with van der Waals surface area (Å²) in [6.45, 7) is 4.04. The number of nitrogens with zero attached hydrogens (tertiary/aromatic N) is 5. The molecule has 94 valence electrons. The minimum absolute atomic E-state index is 1.01. The first kappa shape index (κ1) is 11.1. The van der Waals surface area contributed by atoms with E-state index in [0.717, 1.165) is 32.0 Å². The second kappa shape index (κ2) is 4.68. The molecule has 0 amide bonds. The summed E-state index contributed by atoms with van der Waals surface area (Å²) in [5.74, 6) is 1.07. The largest absolute Gasteiger partial charge is 0.365 e. The Labute approximate surface area is 107 Å². The molecule has 5 heteroatoms. The third kappa shape index (κ3) is 2.16. The molecule has 1 fully saturated rings. The van der Waals surface area contributed by atoms with E-state index >= 15 is 0 Å². The summed E-state index contributed by atoms with van der Waals surface area (Å²) in [6, 6.07) is 6.06. The van der Waals surface area contributed by atoms with E-state index in [1.165, 1.54) is 5.69 Å². The van der Waals surface area contributed by atoms with Crippen LogP contribution in [0.2, 0.25) is 0 Å². The zero-order valence-corrected chi connectivity index (χ0v) is 10.5. The van der Waals surface area contributed by atoms with Gasteiger partial charge in [0.2, 0.25) is 0 Å². The van der Waals surface area contributed by atoms with E-state index in [-0.39, 0.29) is 0 Å². The van der Waals surface area contributed by atoms with E-state index in [4.69, 9.17) is 0 Å². The molecule has 1 saturated heterocycles. The topological polar surface area (TPSA) is 37.2 Å². The molecule has 0 N–H and O–H groups in total. The number of rotatable bonds is 2. The Balaban J connectivity index is 1.65. The van der Waals surface area contributed by atoms with Crippen LogP contribution in [0.5, 0.6) is 0 Å². The van der Waals surface area contributed by atoms with Crippen LogP contribution in [-0.4, -0.2) is 40.9 Å². The lowest BCUT2D eigenvalue weighted by atomic mass is 10.3. The lowest BCUT2D eigenvalue weighted by Crippen LogP contribution is -2.46. The van der Waals surface area contributed by atoms with Crippen LogP contribution in [0.3, 0.4) is 0 Å². The van der Waals surface area contributed by atoms with Crippen LogP contribution >= 0.6 is 0 Å². The number of anilines is 2. The van der Waals surface area contributed by atoms with Gasteiger partial charge in [-0.05, 0) is 12.1 Å². The number of pyridine rings is 1. The molecule has 0 aromatic carbocycles. The number of hydrogen-bond donors (Lipinski definition) is 0. The van der Waals surface area contributed by atoms with Crippen molar-refractivity contribution in [3.05, 3.63) is 36.8 Å². The summed E-state index contributed by atoms with van der Waals surface area (Å²) < 4.78 is 1.85. The second-order valence-electron chi connectivity index (χ2n) is 4.53. The van der Waals surface area contributed by atoms with Crippen LogP contribution in [0, 0.1) is 0 Å². The predicted molar refractivity (Wildman–Crippen MR) is 71.9 cm³/mol. The molecule has 1 aliphatic heterocycles. The zero-order chi connectivity index (χ0) is 12.4. The second-order valence-corrected chi connectivity index (χ2v) is 4.53. The van der Waals surface area contributed by atoms with Crippen molar-refractivity contribution in [3.8, 4) is 0 Å². The molecule has 0 unspecified atom stereocenters. The zero-order valence-electron chi connectivity index (χ0n) is 10.5. The SMILES string of the molecule is Cn1cc(N2CCN(c3ccccn3)CC2)cn1. The van der Waals surface area contributed by atoms with E-state index in [0.29, 0.717) is 0 Å². The maximum Gasteiger partial charge on any atom is 0.128 e. The first-order chi connectivity index (χ1) is 8.83. The van der Waals surface area contributed by atoms with Gasteiger partial charge in [0, 0.05) is 45.6 Å². The molecule has 3 heterocycles.